The number of nitrogens with zero attached hydrogens (tertiary/aromatic N) is 1. The monoisotopic (exact) mass is 263 g/mol. The number of alkyl halides is 3. The van der Waals surface area contributed by atoms with Gasteiger partial charge in [-0.05, 0) is 18.1 Å². The van der Waals surface area contributed by atoms with Gasteiger partial charge in [0.05, 0.1) is 21.2 Å². The first kappa shape index (κ1) is 12.7. The number of nitriles is 1. The second-order valence-corrected chi connectivity index (χ2v) is 3.49. The van der Waals surface area contributed by atoms with Gasteiger partial charge >= 0.3 is 6.18 Å². The van der Waals surface area contributed by atoms with E-state index in [1.165, 1.54) is 6.07 Å². The lowest BCUT2D eigenvalue weighted by atomic mass is 10.1. The van der Waals surface area contributed by atoms with E-state index in [2.05, 4.69) is 5.92 Å². The number of hydrogen-bond donors (Lipinski definition) is 0. The van der Waals surface area contributed by atoms with Crippen molar-refractivity contribution in [3.8, 4) is 17.9 Å². The van der Waals surface area contributed by atoms with Gasteiger partial charge in [0.2, 0.25) is 0 Å². The third-order valence-electron chi connectivity index (χ3n) is 1.61. The minimum Gasteiger partial charge on any atom is -0.183 e. The molecule has 0 spiro atoms. The average molecular weight is 264 g/mol. The predicted molar refractivity (Wildman–Crippen MR) is 54.0 cm³/mol. The zero-order valence-corrected chi connectivity index (χ0v) is 9.00. The van der Waals surface area contributed by atoms with Crippen molar-refractivity contribution >= 4 is 23.2 Å². The summed E-state index contributed by atoms with van der Waals surface area (Å²) in [6.45, 7) is 0. The number of halogens is 5. The zero-order valence-electron chi connectivity index (χ0n) is 7.49. The maximum absolute atomic E-state index is 12.3. The minimum atomic E-state index is -4.52. The Labute approximate surface area is 99.4 Å². The molecule has 0 aliphatic carbocycles. The molecule has 0 fully saturated rings. The van der Waals surface area contributed by atoms with Crippen molar-refractivity contribution in [1.29, 1.82) is 5.26 Å². The maximum Gasteiger partial charge on any atom is 0.416 e. The predicted octanol–water partition coefficient (Wildman–Crippen LogP) is 3.89. The summed E-state index contributed by atoms with van der Waals surface area (Å²) in [5, 5.41) is 7.74. The summed E-state index contributed by atoms with van der Waals surface area (Å²) in [6.07, 6.45) is -4.52. The Kier molecular flexibility index (Phi) is 3.70. The molecule has 0 heterocycles. The van der Waals surface area contributed by atoms with E-state index in [1.54, 1.807) is 0 Å². The quantitative estimate of drug-likeness (QED) is 0.652. The second kappa shape index (κ2) is 4.65. The topological polar surface area (TPSA) is 23.8 Å². The molecule has 0 aliphatic heterocycles. The summed E-state index contributed by atoms with van der Waals surface area (Å²) in [4.78, 5) is 0. The van der Waals surface area contributed by atoms with Crippen LogP contribution in [-0.2, 0) is 6.18 Å². The van der Waals surface area contributed by atoms with Gasteiger partial charge in [0.1, 0.15) is 0 Å². The van der Waals surface area contributed by atoms with Crippen LogP contribution >= 0.6 is 23.2 Å². The standard InChI is InChI=1S/C10H2Cl2F3N/c11-8-4-6(10(13,14)15)5-9(12)7(8)2-1-3-16/h4-5H. The molecule has 0 N–H and O–H groups in total. The molecule has 0 saturated carbocycles. The van der Waals surface area contributed by atoms with Gasteiger partial charge in [-0.3, -0.25) is 0 Å². The lowest BCUT2D eigenvalue weighted by Gasteiger charge is -2.08. The van der Waals surface area contributed by atoms with Crippen LogP contribution in [0.15, 0.2) is 12.1 Å². The Morgan fingerprint density at radius 2 is 1.62 bits per heavy atom. The van der Waals surface area contributed by atoms with Crippen molar-refractivity contribution in [3.05, 3.63) is 33.3 Å². The molecular formula is C10H2Cl2F3N. The van der Waals surface area contributed by atoms with Crippen LogP contribution < -0.4 is 0 Å². The molecule has 0 saturated heterocycles. The molecule has 0 atom stereocenters. The third-order valence-corrected chi connectivity index (χ3v) is 2.21. The number of benzene rings is 1. The van der Waals surface area contributed by atoms with Gasteiger partial charge in [0.15, 0.2) is 6.07 Å². The van der Waals surface area contributed by atoms with Crippen LogP contribution in [0.25, 0.3) is 0 Å². The molecule has 0 aromatic heterocycles. The van der Waals surface area contributed by atoms with E-state index in [0.717, 1.165) is 12.1 Å². The molecule has 82 valence electrons. The Bertz CT molecular complexity index is 495. The molecule has 16 heavy (non-hydrogen) atoms. The van der Waals surface area contributed by atoms with E-state index < -0.39 is 11.7 Å². The first-order valence-corrected chi connectivity index (χ1v) is 4.58. The molecule has 0 bridgehead atoms. The number of hydrogen-bond acceptors (Lipinski definition) is 1. The fourth-order valence-electron chi connectivity index (χ4n) is 0.947. The van der Waals surface area contributed by atoms with E-state index >= 15 is 0 Å². The van der Waals surface area contributed by atoms with Crippen molar-refractivity contribution in [3.63, 3.8) is 0 Å². The summed E-state index contributed by atoms with van der Waals surface area (Å²) in [5.41, 5.74) is -0.942. The van der Waals surface area contributed by atoms with Gasteiger partial charge in [-0.2, -0.15) is 18.4 Å². The van der Waals surface area contributed by atoms with Crippen LogP contribution in [0.5, 0.6) is 0 Å². The van der Waals surface area contributed by atoms with Crippen LogP contribution in [0.1, 0.15) is 11.1 Å². The Hall–Kier alpha value is -1.36. The van der Waals surface area contributed by atoms with E-state index in [9.17, 15) is 13.2 Å². The molecule has 0 amide bonds. The van der Waals surface area contributed by atoms with Crippen molar-refractivity contribution in [2.75, 3.05) is 0 Å². The van der Waals surface area contributed by atoms with Crippen molar-refractivity contribution in [2.45, 2.75) is 6.18 Å². The van der Waals surface area contributed by atoms with E-state index in [0.29, 0.717) is 0 Å². The summed E-state index contributed by atoms with van der Waals surface area (Å²) in [6, 6.07) is 2.95. The normalized spacial score (nSPS) is 10.2. The molecule has 1 nitrogen and oxygen atoms in total. The molecule has 6 heteroatoms. The Morgan fingerprint density at radius 3 is 2.00 bits per heavy atom. The van der Waals surface area contributed by atoms with Gasteiger partial charge in [0, 0.05) is 5.92 Å². The summed E-state index contributed by atoms with van der Waals surface area (Å²) in [5.74, 6) is 4.28. The highest BCUT2D eigenvalue weighted by molar-refractivity contribution is 6.36. The highest BCUT2D eigenvalue weighted by atomic mass is 35.5. The van der Waals surface area contributed by atoms with E-state index in [-0.39, 0.29) is 15.6 Å². The summed E-state index contributed by atoms with van der Waals surface area (Å²) in [7, 11) is 0. The van der Waals surface area contributed by atoms with Crippen LogP contribution in [0.2, 0.25) is 10.0 Å². The molecule has 1 aromatic carbocycles. The largest absolute Gasteiger partial charge is 0.416 e. The van der Waals surface area contributed by atoms with Crippen molar-refractivity contribution in [1.82, 2.24) is 0 Å². The first-order valence-electron chi connectivity index (χ1n) is 3.82. The average Bonchev–Trinajstić information content (AvgIpc) is 2.15. The molecule has 0 unspecified atom stereocenters. The van der Waals surface area contributed by atoms with Gasteiger partial charge in [-0.25, -0.2) is 0 Å². The van der Waals surface area contributed by atoms with Crippen LogP contribution in [-0.4, -0.2) is 0 Å². The fraction of sp³-hybridized carbons (Fsp3) is 0.100. The van der Waals surface area contributed by atoms with E-state index in [4.69, 9.17) is 28.5 Å². The summed E-state index contributed by atoms with van der Waals surface area (Å²) < 4.78 is 37.0. The number of rotatable bonds is 0. The zero-order chi connectivity index (χ0) is 12.3. The van der Waals surface area contributed by atoms with Crippen molar-refractivity contribution in [2.24, 2.45) is 0 Å². The van der Waals surface area contributed by atoms with Crippen molar-refractivity contribution < 1.29 is 13.2 Å². The van der Waals surface area contributed by atoms with Crippen LogP contribution in [0, 0.1) is 23.2 Å². The summed E-state index contributed by atoms with van der Waals surface area (Å²) >= 11 is 11.2. The van der Waals surface area contributed by atoms with Gasteiger partial charge in [-0.15, -0.1) is 0 Å². The lowest BCUT2D eigenvalue weighted by Crippen LogP contribution is -2.05. The van der Waals surface area contributed by atoms with Crippen LogP contribution in [0.4, 0.5) is 13.2 Å². The minimum absolute atomic E-state index is 0.0119. The highest BCUT2D eigenvalue weighted by Gasteiger charge is 2.31. The molecule has 1 aromatic rings. The first-order chi connectivity index (χ1) is 7.36. The highest BCUT2D eigenvalue weighted by Crippen LogP contribution is 2.35. The molecule has 1 rings (SSSR count). The smallest absolute Gasteiger partial charge is 0.183 e. The van der Waals surface area contributed by atoms with Gasteiger partial charge < -0.3 is 0 Å². The second-order valence-electron chi connectivity index (χ2n) is 2.67. The molecule has 0 radical (unpaired) electrons. The fourth-order valence-corrected chi connectivity index (χ4v) is 1.53. The Balaban J connectivity index is 3.35. The lowest BCUT2D eigenvalue weighted by molar-refractivity contribution is -0.137. The van der Waals surface area contributed by atoms with Gasteiger partial charge in [0.25, 0.3) is 0 Å². The Morgan fingerprint density at radius 1 is 1.12 bits per heavy atom. The van der Waals surface area contributed by atoms with Gasteiger partial charge in [-0.1, -0.05) is 23.2 Å². The molecular weight excluding hydrogens is 262 g/mol. The van der Waals surface area contributed by atoms with E-state index in [1.807, 2.05) is 5.92 Å². The maximum atomic E-state index is 12.3. The third kappa shape index (κ3) is 2.82. The SMILES string of the molecule is N#CC#Cc1c(Cl)cc(C(F)(F)F)cc1Cl. The van der Waals surface area contributed by atoms with Crippen LogP contribution in [0.3, 0.4) is 0 Å². The molecule has 0 aliphatic rings.